The quantitative estimate of drug-likeness (QED) is 0.850. The van der Waals surface area contributed by atoms with Crippen molar-refractivity contribution in [2.75, 3.05) is 25.7 Å². The topological polar surface area (TPSA) is 71.9 Å². The maximum absolute atomic E-state index is 10.6. The fraction of sp³-hybridized carbons (Fsp3) is 0.474. The van der Waals surface area contributed by atoms with E-state index in [0.717, 1.165) is 41.1 Å². The van der Waals surface area contributed by atoms with Gasteiger partial charge in [0.15, 0.2) is 0 Å². The number of carbonyl (C=O) groups is 1. The third kappa shape index (κ3) is 3.79. The van der Waals surface area contributed by atoms with Gasteiger partial charge in [0.2, 0.25) is 0 Å². The average molecular weight is 398 g/mol. The summed E-state index contributed by atoms with van der Waals surface area (Å²) in [5.74, 6) is -1.14. The van der Waals surface area contributed by atoms with Gasteiger partial charge in [0.05, 0.1) is 19.9 Å². The zero-order valence-corrected chi connectivity index (χ0v) is 15.8. The van der Waals surface area contributed by atoms with Crippen molar-refractivity contribution in [3.63, 3.8) is 0 Å². The molecule has 1 fully saturated rings. The monoisotopic (exact) mass is 398 g/mol. The minimum atomic E-state index is -5.08. The lowest BCUT2D eigenvalue weighted by atomic mass is 10.1. The number of fused-ring (bicyclic) bond motifs is 3. The number of ether oxygens (including phenoxy) is 2. The Hall–Kier alpha value is -2.71. The Labute approximate surface area is 159 Å². The molecule has 0 atom stereocenters. The zero-order chi connectivity index (χ0) is 20.6. The van der Waals surface area contributed by atoms with Crippen molar-refractivity contribution in [2.24, 2.45) is 0 Å². The first kappa shape index (κ1) is 20.0. The summed E-state index contributed by atoms with van der Waals surface area (Å²) in [6.07, 6.45) is -1.37. The molecule has 1 saturated carbocycles. The van der Waals surface area contributed by atoms with E-state index in [1.54, 1.807) is 14.2 Å². The van der Waals surface area contributed by atoms with E-state index in [-0.39, 0.29) is 0 Å². The first-order chi connectivity index (χ1) is 13.2. The lowest BCUT2D eigenvalue weighted by Crippen LogP contribution is -2.22. The molecular weight excluding hydrogens is 377 g/mol. The van der Waals surface area contributed by atoms with Crippen LogP contribution in [-0.4, -0.2) is 49.0 Å². The number of pyridine rings is 1. The summed E-state index contributed by atoms with van der Waals surface area (Å²) in [6, 6.07) is 4.73. The minimum Gasteiger partial charge on any atom is -0.497 e. The molecule has 1 aliphatic heterocycles. The lowest BCUT2D eigenvalue weighted by molar-refractivity contribution is -0.192. The molecule has 1 aromatic heterocycles. The summed E-state index contributed by atoms with van der Waals surface area (Å²) in [5, 5.41) is 8.29. The fourth-order valence-electron chi connectivity index (χ4n) is 3.44. The largest absolute Gasteiger partial charge is 0.497 e. The molecule has 0 radical (unpaired) electrons. The number of rotatable bonds is 3. The molecule has 6 nitrogen and oxygen atoms in total. The van der Waals surface area contributed by atoms with E-state index in [2.05, 4.69) is 17.9 Å². The van der Waals surface area contributed by atoms with Gasteiger partial charge in [-0.05, 0) is 37.8 Å². The number of anilines is 1. The van der Waals surface area contributed by atoms with Crippen LogP contribution in [0.1, 0.15) is 24.1 Å². The second kappa shape index (κ2) is 7.37. The number of carboxylic acid groups (broad SMARTS) is 1. The standard InChI is InChI=1S/C17H20N2O2.C2HF3O2/c1-10-13-6-7-19(11-4-5-11)17(13)14-8-12(20-2)9-15(21-3)16(14)18-10;3-2(4,5)1(6)7/h8-9,11H,4-7H2,1-3H3;(H,6,7). The Morgan fingerprint density at radius 3 is 2.39 bits per heavy atom. The Morgan fingerprint density at radius 1 is 1.25 bits per heavy atom. The Kier molecular flexibility index (Phi) is 5.27. The molecule has 1 aromatic carbocycles. The molecule has 2 aliphatic rings. The van der Waals surface area contributed by atoms with Gasteiger partial charge in [-0.2, -0.15) is 13.2 Å². The lowest BCUT2D eigenvalue weighted by Gasteiger charge is -2.21. The van der Waals surface area contributed by atoms with Crippen molar-refractivity contribution >= 4 is 22.6 Å². The SMILES string of the molecule is COc1cc(OC)c2nc(C)c3c(c2c1)N(C1CC1)CC3.O=C(O)C(F)(F)F. The predicted octanol–water partition coefficient (Wildman–Crippen LogP) is 3.72. The van der Waals surface area contributed by atoms with E-state index in [0.29, 0.717) is 6.04 Å². The Bertz CT molecular complexity index is 910. The van der Waals surface area contributed by atoms with Crippen molar-refractivity contribution in [3.8, 4) is 11.5 Å². The van der Waals surface area contributed by atoms with E-state index in [9.17, 15) is 13.2 Å². The number of hydrogen-bond acceptors (Lipinski definition) is 5. The van der Waals surface area contributed by atoms with Gasteiger partial charge in [0, 0.05) is 29.7 Å². The highest BCUT2D eigenvalue weighted by Crippen LogP contribution is 2.45. The van der Waals surface area contributed by atoms with E-state index in [4.69, 9.17) is 24.4 Å². The first-order valence-corrected chi connectivity index (χ1v) is 8.79. The molecule has 2 aromatic rings. The summed E-state index contributed by atoms with van der Waals surface area (Å²) < 4.78 is 42.7. The van der Waals surface area contributed by atoms with Gasteiger partial charge in [0.25, 0.3) is 0 Å². The molecular formula is C19H21F3N2O4. The molecule has 0 bridgehead atoms. The van der Waals surface area contributed by atoms with Crippen LogP contribution in [-0.2, 0) is 11.2 Å². The van der Waals surface area contributed by atoms with Crippen LogP contribution in [0.3, 0.4) is 0 Å². The number of carboxylic acids is 1. The summed E-state index contributed by atoms with van der Waals surface area (Å²) in [5.41, 5.74) is 4.83. The van der Waals surface area contributed by atoms with Crippen LogP contribution < -0.4 is 14.4 Å². The smallest absolute Gasteiger partial charge is 0.490 e. The van der Waals surface area contributed by atoms with Crippen LogP contribution in [0.15, 0.2) is 12.1 Å². The maximum atomic E-state index is 10.6. The van der Waals surface area contributed by atoms with Crippen LogP contribution >= 0.6 is 0 Å². The third-order valence-corrected chi connectivity index (χ3v) is 4.88. The Morgan fingerprint density at radius 2 is 1.89 bits per heavy atom. The van der Waals surface area contributed by atoms with Crippen LogP contribution in [0, 0.1) is 6.92 Å². The number of aromatic nitrogens is 1. The summed E-state index contributed by atoms with van der Waals surface area (Å²) in [6.45, 7) is 3.22. The molecule has 0 spiro atoms. The minimum absolute atomic E-state index is 0.716. The second-order valence-corrected chi connectivity index (χ2v) is 6.73. The molecule has 1 aliphatic carbocycles. The molecule has 0 unspecified atom stereocenters. The van der Waals surface area contributed by atoms with E-state index in [1.165, 1.54) is 24.1 Å². The number of nitrogens with zero attached hydrogens (tertiary/aromatic N) is 2. The van der Waals surface area contributed by atoms with Crippen molar-refractivity contribution in [2.45, 2.75) is 38.4 Å². The van der Waals surface area contributed by atoms with Gasteiger partial charge in [-0.25, -0.2) is 9.78 Å². The zero-order valence-electron chi connectivity index (χ0n) is 15.8. The second-order valence-electron chi connectivity index (χ2n) is 6.73. The van der Waals surface area contributed by atoms with Gasteiger partial charge >= 0.3 is 12.1 Å². The van der Waals surface area contributed by atoms with Crippen molar-refractivity contribution in [1.29, 1.82) is 0 Å². The number of benzene rings is 1. The molecule has 4 rings (SSSR count). The van der Waals surface area contributed by atoms with Gasteiger partial charge in [-0.3, -0.25) is 0 Å². The number of hydrogen-bond donors (Lipinski definition) is 1. The highest BCUT2D eigenvalue weighted by atomic mass is 19.4. The molecule has 1 N–H and O–H groups in total. The summed E-state index contributed by atoms with van der Waals surface area (Å²) >= 11 is 0. The number of aryl methyl sites for hydroxylation is 1. The average Bonchev–Trinajstić information content (AvgIpc) is 3.39. The summed E-state index contributed by atoms with van der Waals surface area (Å²) in [4.78, 5) is 16.3. The highest BCUT2D eigenvalue weighted by Gasteiger charge is 2.38. The summed E-state index contributed by atoms with van der Waals surface area (Å²) in [7, 11) is 3.39. The molecule has 0 amide bonds. The van der Waals surface area contributed by atoms with Crippen LogP contribution in [0.2, 0.25) is 0 Å². The van der Waals surface area contributed by atoms with Gasteiger partial charge in [0.1, 0.15) is 17.0 Å². The van der Waals surface area contributed by atoms with Gasteiger partial charge < -0.3 is 19.5 Å². The van der Waals surface area contributed by atoms with Crippen molar-refractivity contribution in [1.82, 2.24) is 4.98 Å². The van der Waals surface area contributed by atoms with Crippen molar-refractivity contribution in [3.05, 3.63) is 23.4 Å². The number of methoxy groups -OCH3 is 2. The number of aliphatic carboxylic acids is 1. The first-order valence-electron chi connectivity index (χ1n) is 8.79. The predicted molar refractivity (Wildman–Crippen MR) is 97.3 cm³/mol. The molecule has 0 saturated heterocycles. The molecule has 9 heteroatoms. The van der Waals surface area contributed by atoms with E-state index in [1.807, 2.05) is 6.07 Å². The Balaban J connectivity index is 0.000000279. The third-order valence-electron chi connectivity index (χ3n) is 4.88. The fourth-order valence-corrected chi connectivity index (χ4v) is 3.44. The maximum Gasteiger partial charge on any atom is 0.490 e. The van der Waals surface area contributed by atoms with Gasteiger partial charge in [-0.15, -0.1) is 0 Å². The number of alkyl halides is 3. The normalized spacial score (nSPS) is 15.7. The molecule has 28 heavy (non-hydrogen) atoms. The van der Waals surface area contributed by atoms with Crippen LogP contribution in [0.4, 0.5) is 18.9 Å². The van der Waals surface area contributed by atoms with E-state index >= 15 is 0 Å². The van der Waals surface area contributed by atoms with Gasteiger partial charge in [-0.1, -0.05) is 0 Å². The molecule has 2 heterocycles. The van der Waals surface area contributed by atoms with Crippen molar-refractivity contribution < 1.29 is 32.5 Å². The highest BCUT2D eigenvalue weighted by molar-refractivity contribution is 5.99. The number of halogens is 3. The van der Waals surface area contributed by atoms with Crippen LogP contribution in [0.25, 0.3) is 10.9 Å². The van der Waals surface area contributed by atoms with Crippen LogP contribution in [0.5, 0.6) is 11.5 Å². The molecule has 152 valence electrons. The van der Waals surface area contributed by atoms with E-state index < -0.39 is 12.1 Å².